The van der Waals surface area contributed by atoms with Crippen LogP contribution in [0.15, 0.2) is 0 Å². The van der Waals surface area contributed by atoms with Crippen LogP contribution in [0.4, 0.5) is 0 Å². The molecule has 0 saturated carbocycles. The summed E-state index contributed by atoms with van der Waals surface area (Å²) in [4.78, 5) is 0. The van der Waals surface area contributed by atoms with Gasteiger partial charge >= 0.3 is 0 Å². The molecular weight excluding hydrogens is 220 g/mol. The van der Waals surface area contributed by atoms with E-state index in [1.807, 2.05) is 20.8 Å². The van der Waals surface area contributed by atoms with Crippen LogP contribution < -0.4 is 0 Å². The summed E-state index contributed by atoms with van der Waals surface area (Å²) in [7, 11) is 0. The van der Waals surface area contributed by atoms with Crippen LogP contribution in [0.1, 0.15) is 41.0 Å². The third-order valence-electron chi connectivity index (χ3n) is 3.24. The standard InChI is InChI=1S/C13H26O4/c1-8(2)6-10(15)9(3)12-11(7-14)16-13(4,5)17-12/h8-12,14-15H,6-7H2,1-5H3/t9-,10-,11-,12+/m0/s1. The van der Waals surface area contributed by atoms with Crippen molar-refractivity contribution in [2.75, 3.05) is 6.61 Å². The summed E-state index contributed by atoms with van der Waals surface area (Å²) in [6.45, 7) is 9.69. The molecule has 0 aliphatic carbocycles. The number of ether oxygens (including phenoxy) is 2. The van der Waals surface area contributed by atoms with Gasteiger partial charge in [-0.3, -0.25) is 0 Å². The summed E-state index contributed by atoms with van der Waals surface area (Å²) in [6, 6.07) is 0. The van der Waals surface area contributed by atoms with Crippen molar-refractivity contribution in [1.29, 1.82) is 0 Å². The van der Waals surface area contributed by atoms with E-state index in [2.05, 4.69) is 13.8 Å². The maximum Gasteiger partial charge on any atom is 0.163 e. The molecule has 0 aromatic rings. The molecule has 4 heteroatoms. The molecule has 1 fully saturated rings. The van der Waals surface area contributed by atoms with Crippen molar-refractivity contribution in [2.24, 2.45) is 11.8 Å². The lowest BCUT2D eigenvalue weighted by Crippen LogP contribution is -2.38. The minimum absolute atomic E-state index is 0.0451. The van der Waals surface area contributed by atoms with Gasteiger partial charge in [-0.25, -0.2) is 0 Å². The highest BCUT2D eigenvalue weighted by Crippen LogP contribution is 2.34. The molecule has 0 radical (unpaired) electrons. The Kier molecular flexibility index (Phi) is 4.95. The van der Waals surface area contributed by atoms with Gasteiger partial charge in [0, 0.05) is 5.92 Å². The van der Waals surface area contributed by atoms with E-state index in [0.717, 1.165) is 6.42 Å². The molecule has 1 saturated heterocycles. The van der Waals surface area contributed by atoms with Gasteiger partial charge in [0.1, 0.15) is 6.10 Å². The number of aliphatic hydroxyl groups is 2. The summed E-state index contributed by atoms with van der Waals surface area (Å²) in [5, 5.41) is 19.4. The Balaban J connectivity index is 2.64. The quantitative estimate of drug-likeness (QED) is 0.772. The van der Waals surface area contributed by atoms with Crippen molar-refractivity contribution >= 4 is 0 Å². The van der Waals surface area contributed by atoms with E-state index in [4.69, 9.17) is 9.47 Å². The molecule has 1 aliphatic heterocycles. The van der Waals surface area contributed by atoms with Crippen molar-refractivity contribution in [1.82, 2.24) is 0 Å². The minimum Gasteiger partial charge on any atom is -0.394 e. The molecule has 4 atom stereocenters. The molecule has 102 valence electrons. The Hall–Kier alpha value is -0.160. The molecule has 0 aromatic heterocycles. The second-order valence-electron chi connectivity index (χ2n) is 5.88. The molecule has 1 aliphatic rings. The zero-order chi connectivity index (χ0) is 13.2. The van der Waals surface area contributed by atoms with Gasteiger partial charge < -0.3 is 19.7 Å². The van der Waals surface area contributed by atoms with Gasteiger partial charge in [0.05, 0.1) is 18.8 Å². The minimum atomic E-state index is -0.677. The van der Waals surface area contributed by atoms with E-state index in [9.17, 15) is 10.2 Å². The van der Waals surface area contributed by atoms with Crippen molar-refractivity contribution in [3.63, 3.8) is 0 Å². The number of hydrogen-bond acceptors (Lipinski definition) is 4. The molecule has 0 amide bonds. The Morgan fingerprint density at radius 3 is 2.24 bits per heavy atom. The second-order valence-corrected chi connectivity index (χ2v) is 5.88. The summed E-state index contributed by atoms with van der Waals surface area (Å²) in [5.74, 6) is -0.282. The average molecular weight is 246 g/mol. The van der Waals surface area contributed by atoms with E-state index < -0.39 is 11.9 Å². The third kappa shape index (κ3) is 3.91. The maximum absolute atomic E-state index is 10.1. The zero-order valence-electron chi connectivity index (χ0n) is 11.5. The topological polar surface area (TPSA) is 58.9 Å². The number of hydrogen-bond donors (Lipinski definition) is 2. The molecule has 17 heavy (non-hydrogen) atoms. The third-order valence-corrected chi connectivity index (χ3v) is 3.24. The second kappa shape index (κ2) is 5.65. The lowest BCUT2D eigenvalue weighted by Gasteiger charge is -2.27. The smallest absolute Gasteiger partial charge is 0.163 e. The monoisotopic (exact) mass is 246 g/mol. The van der Waals surface area contributed by atoms with Crippen molar-refractivity contribution in [2.45, 2.75) is 65.1 Å². The first kappa shape index (κ1) is 14.9. The normalized spacial score (nSPS) is 31.8. The van der Waals surface area contributed by atoms with E-state index in [0.29, 0.717) is 5.92 Å². The summed E-state index contributed by atoms with van der Waals surface area (Å²) >= 11 is 0. The zero-order valence-corrected chi connectivity index (χ0v) is 11.5. The van der Waals surface area contributed by atoms with E-state index in [1.165, 1.54) is 0 Å². The van der Waals surface area contributed by atoms with E-state index in [-0.39, 0.29) is 24.7 Å². The predicted molar refractivity (Wildman–Crippen MR) is 65.5 cm³/mol. The van der Waals surface area contributed by atoms with Crippen molar-refractivity contribution in [3.8, 4) is 0 Å². The molecule has 4 nitrogen and oxygen atoms in total. The SMILES string of the molecule is CC(C)C[C@H](O)[C@H](C)[C@H]1OC(C)(C)O[C@H]1CO. The van der Waals surface area contributed by atoms with Gasteiger partial charge in [0.2, 0.25) is 0 Å². The lowest BCUT2D eigenvalue weighted by atomic mass is 9.89. The fourth-order valence-corrected chi connectivity index (χ4v) is 2.37. The van der Waals surface area contributed by atoms with Crippen molar-refractivity contribution in [3.05, 3.63) is 0 Å². The van der Waals surface area contributed by atoms with Crippen LogP contribution in [0.2, 0.25) is 0 Å². The molecule has 0 spiro atoms. The van der Waals surface area contributed by atoms with Crippen LogP contribution in [0, 0.1) is 11.8 Å². The first-order valence-electron chi connectivity index (χ1n) is 6.41. The van der Waals surface area contributed by atoms with Crippen LogP contribution in [-0.4, -0.2) is 40.9 Å². The first-order valence-corrected chi connectivity index (χ1v) is 6.41. The highest BCUT2D eigenvalue weighted by molar-refractivity contribution is 4.87. The molecular formula is C13H26O4. The van der Waals surface area contributed by atoms with Gasteiger partial charge in [-0.15, -0.1) is 0 Å². The van der Waals surface area contributed by atoms with E-state index in [1.54, 1.807) is 0 Å². The molecule has 2 N–H and O–H groups in total. The maximum atomic E-state index is 10.1. The van der Waals surface area contributed by atoms with Gasteiger partial charge in [0.15, 0.2) is 5.79 Å². The molecule has 1 rings (SSSR count). The Labute approximate surface area is 104 Å². The number of rotatable bonds is 5. The fourth-order valence-electron chi connectivity index (χ4n) is 2.37. The van der Waals surface area contributed by atoms with Gasteiger partial charge in [-0.2, -0.15) is 0 Å². The van der Waals surface area contributed by atoms with E-state index >= 15 is 0 Å². The number of aliphatic hydroxyl groups excluding tert-OH is 2. The van der Waals surface area contributed by atoms with Gasteiger partial charge in [-0.05, 0) is 26.2 Å². The lowest BCUT2D eigenvalue weighted by molar-refractivity contribution is -0.155. The first-order chi connectivity index (χ1) is 7.76. The summed E-state index contributed by atoms with van der Waals surface area (Å²) < 4.78 is 11.4. The van der Waals surface area contributed by atoms with Crippen LogP contribution in [0.3, 0.4) is 0 Å². The van der Waals surface area contributed by atoms with Crippen LogP contribution in [-0.2, 0) is 9.47 Å². The Morgan fingerprint density at radius 2 is 1.76 bits per heavy atom. The van der Waals surface area contributed by atoms with Crippen LogP contribution in [0.5, 0.6) is 0 Å². The Morgan fingerprint density at radius 1 is 1.18 bits per heavy atom. The largest absolute Gasteiger partial charge is 0.394 e. The average Bonchev–Trinajstić information content (AvgIpc) is 2.51. The molecule has 0 bridgehead atoms. The fraction of sp³-hybridized carbons (Fsp3) is 1.00. The summed E-state index contributed by atoms with van der Waals surface area (Å²) in [6.07, 6.45) is -0.281. The highest BCUT2D eigenvalue weighted by Gasteiger charge is 2.45. The van der Waals surface area contributed by atoms with Crippen LogP contribution >= 0.6 is 0 Å². The summed E-state index contributed by atoms with van der Waals surface area (Å²) in [5.41, 5.74) is 0. The predicted octanol–water partition coefficient (Wildman–Crippen LogP) is 1.54. The van der Waals surface area contributed by atoms with Gasteiger partial charge in [-0.1, -0.05) is 20.8 Å². The highest BCUT2D eigenvalue weighted by atomic mass is 16.8. The Bertz CT molecular complexity index is 240. The molecule has 0 unspecified atom stereocenters. The van der Waals surface area contributed by atoms with Crippen molar-refractivity contribution < 1.29 is 19.7 Å². The molecule has 1 heterocycles. The van der Waals surface area contributed by atoms with Gasteiger partial charge in [0.25, 0.3) is 0 Å². The van der Waals surface area contributed by atoms with Crippen LogP contribution in [0.25, 0.3) is 0 Å². The molecule has 0 aromatic carbocycles.